The maximum atomic E-state index is 13.2. The van der Waals surface area contributed by atoms with E-state index in [1.807, 2.05) is 41.0 Å². The summed E-state index contributed by atoms with van der Waals surface area (Å²) in [7, 11) is 0. The first-order valence-corrected chi connectivity index (χ1v) is 13.2. The number of hydrogen-bond donors (Lipinski definition) is 1. The highest BCUT2D eigenvalue weighted by Gasteiger charge is 2.26. The topological polar surface area (TPSA) is 50.2 Å². The summed E-state index contributed by atoms with van der Waals surface area (Å²) >= 11 is 16.9. The molecule has 0 saturated carbocycles. The molecular weight excluding hydrogens is 555 g/mol. The monoisotopic (exact) mass is 574 g/mol. The first-order valence-electron chi connectivity index (χ1n) is 10.8. The molecule has 0 bridgehead atoms. The predicted molar refractivity (Wildman–Crippen MR) is 144 cm³/mol. The molecule has 174 valence electrons. The molecule has 0 atom stereocenters. The lowest BCUT2D eigenvalue weighted by Crippen LogP contribution is -2.34. The summed E-state index contributed by atoms with van der Waals surface area (Å²) in [4.78, 5) is 20.6. The van der Waals surface area contributed by atoms with Gasteiger partial charge in [0.1, 0.15) is 0 Å². The number of rotatable bonds is 5. The Morgan fingerprint density at radius 1 is 1.21 bits per heavy atom. The van der Waals surface area contributed by atoms with Crippen molar-refractivity contribution in [2.45, 2.75) is 19.5 Å². The normalized spacial score (nSPS) is 14.1. The molecule has 1 aliphatic heterocycles. The van der Waals surface area contributed by atoms with Crippen molar-refractivity contribution < 1.29 is 4.79 Å². The fraction of sp³-hybridized carbons (Fsp3) is 0.200. The number of carbonyl (C=O) groups excluding carboxylic acids is 1. The third-order valence-corrected chi connectivity index (χ3v) is 7.74. The molecular formula is C25H21BrCl2N4OS. The van der Waals surface area contributed by atoms with Crippen LogP contribution in [0.3, 0.4) is 0 Å². The van der Waals surface area contributed by atoms with Gasteiger partial charge in [-0.3, -0.25) is 9.47 Å². The summed E-state index contributed by atoms with van der Waals surface area (Å²) in [5, 5.41) is 4.87. The first kappa shape index (κ1) is 23.6. The number of hydrogen-bond acceptors (Lipinski definition) is 4. The lowest BCUT2D eigenvalue weighted by atomic mass is 10.0. The second-order valence-electron chi connectivity index (χ2n) is 8.10. The molecule has 1 N–H and O–H groups in total. The van der Waals surface area contributed by atoms with Crippen molar-refractivity contribution in [1.29, 1.82) is 0 Å². The van der Waals surface area contributed by atoms with Crippen LogP contribution >= 0.6 is 50.5 Å². The number of aromatic nitrogens is 2. The van der Waals surface area contributed by atoms with E-state index in [9.17, 15) is 4.79 Å². The smallest absolute Gasteiger partial charge is 0.326 e. The number of benzene rings is 2. The van der Waals surface area contributed by atoms with Gasteiger partial charge in [0.25, 0.3) is 0 Å². The predicted octanol–water partition coefficient (Wildman–Crippen LogP) is 7.00. The van der Waals surface area contributed by atoms with Crippen molar-refractivity contribution in [2.24, 2.45) is 0 Å². The van der Waals surface area contributed by atoms with Gasteiger partial charge >= 0.3 is 6.03 Å². The molecule has 9 heteroatoms. The van der Waals surface area contributed by atoms with E-state index < -0.39 is 0 Å². The number of halogens is 3. The fourth-order valence-electron chi connectivity index (χ4n) is 4.29. The van der Waals surface area contributed by atoms with E-state index in [1.54, 1.807) is 6.20 Å². The molecule has 5 rings (SSSR count). The largest absolute Gasteiger partial charge is 0.332 e. The van der Waals surface area contributed by atoms with Crippen molar-refractivity contribution in [1.82, 2.24) is 19.8 Å². The number of fused-ring (bicyclic) bond motifs is 3. The van der Waals surface area contributed by atoms with Crippen LogP contribution in [0, 0.1) is 0 Å². The van der Waals surface area contributed by atoms with Gasteiger partial charge in [0.15, 0.2) is 4.47 Å². The highest BCUT2D eigenvalue weighted by atomic mass is 79.9. The molecule has 0 saturated heterocycles. The molecule has 0 unspecified atom stereocenters. The molecule has 0 radical (unpaired) electrons. The van der Waals surface area contributed by atoms with Crippen LogP contribution in [-0.2, 0) is 19.5 Å². The Labute approximate surface area is 220 Å². The Morgan fingerprint density at radius 3 is 2.79 bits per heavy atom. The number of nitrogens with zero attached hydrogens (tertiary/aromatic N) is 3. The minimum Gasteiger partial charge on any atom is -0.332 e. The highest BCUT2D eigenvalue weighted by molar-refractivity contribution is 9.10. The standard InChI is InChI=1S/C25H21BrCl2N4OS/c26-17-5-8-22-20(12-17)21-15-31(10-1-2-16-3-6-18(27)7-4-16)11-9-23(21)32(22)25(33)30-14-19-13-29-24(28)34-19/h1-8,12-13H,9-11,14-15H2,(H,30,33). The van der Waals surface area contributed by atoms with E-state index >= 15 is 0 Å². The van der Waals surface area contributed by atoms with Gasteiger partial charge in [-0.2, -0.15) is 0 Å². The maximum absolute atomic E-state index is 13.2. The van der Waals surface area contributed by atoms with Crippen LogP contribution in [-0.4, -0.2) is 33.6 Å². The SMILES string of the molecule is O=C(NCc1cnc(Cl)s1)n1c2c(c3cc(Br)ccc31)CN(CC=Cc1ccc(Cl)cc1)CC2. The molecule has 2 aromatic heterocycles. The van der Waals surface area contributed by atoms with Crippen LogP contribution in [0.1, 0.15) is 21.7 Å². The Morgan fingerprint density at radius 2 is 2.03 bits per heavy atom. The van der Waals surface area contributed by atoms with E-state index in [0.29, 0.717) is 11.0 Å². The van der Waals surface area contributed by atoms with Crippen molar-refractivity contribution in [3.63, 3.8) is 0 Å². The summed E-state index contributed by atoms with van der Waals surface area (Å²) in [5.41, 5.74) is 4.33. The second-order valence-corrected chi connectivity index (χ2v) is 11.1. The molecule has 1 aliphatic rings. The lowest BCUT2D eigenvalue weighted by molar-refractivity contribution is 0.240. The minimum absolute atomic E-state index is 0.130. The van der Waals surface area contributed by atoms with Gasteiger partial charge in [-0.05, 0) is 41.5 Å². The molecule has 1 amide bonds. The summed E-state index contributed by atoms with van der Waals surface area (Å²) in [5.74, 6) is 0. The van der Waals surface area contributed by atoms with Crippen molar-refractivity contribution in [3.05, 3.63) is 90.4 Å². The van der Waals surface area contributed by atoms with Crippen molar-refractivity contribution >= 4 is 73.5 Å². The minimum atomic E-state index is -0.130. The van der Waals surface area contributed by atoms with Gasteiger partial charge in [-0.25, -0.2) is 9.78 Å². The van der Waals surface area contributed by atoms with E-state index in [2.05, 4.69) is 49.3 Å². The van der Waals surface area contributed by atoms with Gasteiger partial charge in [0.05, 0.1) is 12.1 Å². The average Bonchev–Trinajstić information content (AvgIpc) is 3.39. The summed E-state index contributed by atoms with van der Waals surface area (Å²) in [6.07, 6.45) is 6.79. The Kier molecular flexibility index (Phi) is 7.09. The van der Waals surface area contributed by atoms with Gasteiger partial charge in [0.2, 0.25) is 0 Å². The third kappa shape index (κ3) is 5.09. The van der Waals surface area contributed by atoms with E-state index in [4.69, 9.17) is 23.2 Å². The van der Waals surface area contributed by atoms with Gasteiger partial charge < -0.3 is 5.32 Å². The Balaban J connectivity index is 1.37. The zero-order valence-corrected chi connectivity index (χ0v) is 22.0. The average molecular weight is 576 g/mol. The molecule has 0 aliphatic carbocycles. The van der Waals surface area contributed by atoms with Gasteiger partial charge in [-0.1, -0.05) is 63.4 Å². The van der Waals surface area contributed by atoms with Crippen molar-refractivity contribution in [2.75, 3.05) is 13.1 Å². The quantitative estimate of drug-likeness (QED) is 0.279. The lowest BCUT2D eigenvalue weighted by Gasteiger charge is -2.27. The van der Waals surface area contributed by atoms with E-state index in [1.165, 1.54) is 16.9 Å². The molecule has 3 heterocycles. The second kappa shape index (κ2) is 10.2. The number of thiazole rings is 1. The van der Waals surface area contributed by atoms with Crippen molar-refractivity contribution in [3.8, 4) is 0 Å². The Hall–Kier alpha value is -2.16. The van der Waals surface area contributed by atoms with Crippen LogP contribution < -0.4 is 5.32 Å². The maximum Gasteiger partial charge on any atom is 0.326 e. The van der Waals surface area contributed by atoms with Gasteiger partial charge in [0, 0.05) is 57.7 Å². The Bertz CT molecular complexity index is 1380. The van der Waals surface area contributed by atoms with E-state index in [0.717, 1.165) is 62.6 Å². The number of carbonyl (C=O) groups is 1. The number of nitrogens with one attached hydrogen (secondary N) is 1. The van der Waals surface area contributed by atoms with Gasteiger partial charge in [-0.15, -0.1) is 11.3 Å². The molecule has 0 fully saturated rings. The number of amides is 1. The first-order chi connectivity index (χ1) is 16.5. The van der Waals surface area contributed by atoms with Crippen LogP contribution in [0.4, 0.5) is 4.79 Å². The van der Waals surface area contributed by atoms with Crippen LogP contribution in [0.15, 0.2) is 59.2 Å². The molecule has 2 aromatic carbocycles. The summed E-state index contributed by atoms with van der Waals surface area (Å²) < 4.78 is 3.31. The third-order valence-electron chi connectivity index (χ3n) is 5.88. The highest BCUT2D eigenvalue weighted by Crippen LogP contribution is 2.33. The van der Waals surface area contributed by atoms with Crippen LogP contribution in [0.25, 0.3) is 17.0 Å². The van der Waals surface area contributed by atoms with Crippen LogP contribution in [0.5, 0.6) is 0 Å². The molecule has 5 nitrogen and oxygen atoms in total. The zero-order valence-electron chi connectivity index (χ0n) is 18.1. The summed E-state index contributed by atoms with van der Waals surface area (Å²) in [6, 6.07) is 13.8. The molecule has 0 spiro atoms. The summed E-state index contributed by atoms with van der Waals surface area (Å²) in [6.45, 7) is 2.90. The fourth-order valence-corrected chi connectivity index (χ4v) is 5.70. The zero-order chi connectivity index (χ0) is 23.7. The molecule has 4 aromatic rings. The molecule has 34 heavy (non-hydrogen) atoms. The van der Waals surface area contributed by atoms with Crippen LogP contribution in [0.2, 0.25) is 9.49 Å². The van der Waals surface area contributed by atoms with E-state index in [-0.39, 0.29) is 6.03 Å².